The molecule has 5 nitrogen and oxygen atoms in total. The van der Waals surface area contributed by atoms with Gasteiger partial charge in [-0.25, -0.2) is 4.79 Å². The summed E-state index contributed by atoms with van der Waals surface area (Å²) >= 11 is 0. The van der Waals surface area contributed by atoms with Crippen molar-refractivity contribution in [3.8, 4) is 5.75 Å². The van der Waals surface area contributed by atoms with Crippen LogP contribution in [0.25, 0.3) is 0 Å². The summed E-state index contributed by atoms with van der Waals surface area (Å²) in [6, 6.07) is 6.88. The minimum atomic E-state index is -0.616. The van der Waals surface area contributed by atoms with E-state index in [1.54, 1.807) is 11.0 Å². The average molecular weight is 329 g/mol. The van der Waals surface area contributed by atoms with E-state index >= 15 is 0 Å². The Labute approximate surface area is 142 Å². The Morgan fingerprint density at radius 2 is 2.08 bits per heavy atom. The number of ether oxygens (including phenoxy) is 2. The fourth-order valence-corrected chi connectivity index (χ4v) is 2.70. The monoisotopic (exact) mass is 329 g/mol. The van der Waals surface area contributed by atoms with Crippen molar-refractivity contribution >= 4 is 11.9 Å². The Balaban J connectivity index is 2.14. The van der Waals surface area contributed by atoms with Crippen LogP contribution in [0.5, 0.6) is 5.75 Å². The largest absolute Gasteiger partial charge is 0.490 e. The van der Waals surface area contributed by atoms with Gasteiger partial charge < -0.3 is 14.4 Å². The highest BCUT2D eigenvalue weighted by atomic mass is 16.5. The first-order chi connectivity index (χ1) is 11.7. The van der Waals surface area contributed by atoms with Crippen LogP contribution in [0.3, 0.4) is 0 Å². The van der Waals surface area contributed by atoms with Crippen molar-refractivity contribution in [1.82, 2.24) is 4.90 Å². The van der Waals surface area contributed by atoms with Gasteiger partial charge in [-0.05, 0) is 24.1 Å². The maximum atomic E-state index is 12.4. The van der Waals surface area contributed by atoms with Crippen LogP contribution in [-0.4, -0.2) is 42.6 Å². The molecule has 1 aliphatic heterocycles. The lowest BCUT2D eigenvalue weighted by molar-refractivity contribution is -0.152. The van der Waals surface area contributed by atoms with Crippen molar-refractivity contribution in [1.29, 1.82) is 0 Å². The van der Waals surface area contributed by atoms with Crippen LogP contribution in [0.1, 0.15) is 18.4 Å². The van der Waals surface area contributed by atoms with Gasteiger partial charge >= 0.3 is 5.97 Å². The van der Waals surface area contributed by atoms with Crippen LogP contribution in [-0.2, 0) is 20.7 Å². The molecule has 0 unspecified atom stereocenters. The second-order valence-electron chi connectivity index (χ2n) is 5.58. The van der Waals surface area contributed by atoms with Gasteiger partial charge in [0.1, 0.15) is 25.0 Å². The van der Waals surface area contributed by atoms with Crippen molar-refractivity contribution < 1.29 is 19.1 Å². The summed E-state index contributed by atoms with van der Waals surface area (Å²) in [5.74, 6) is 0.301. The van der Waals surface area contributed by atoms with E-state index in [0.29, 0.717) is 31.7 Å². The summed E-state index contributed by atoms with van der Waals surface area (Å²) in [6.07, 6.45) is 4.84. The lowest BCUT2D eigenvalue weighted by atomic mass is 10.0. The molecule has 0 aromatic heterocycles. The summed E-state index contributed by atoms with van der Waals surface area (Å²) < 4.78 is 10.7. The summed E-state index contributed by atoms with van der Waals surface area (Å²) in [4.78, 5) is 26.1. The van der Waals surface area contributed by atoms with Crippen LogP contribution in [0, 0.1) is 0 Å². The number of nitrogens with zero attached hydrogens (tertiary/aromatic N) is 1. The molecule has 1 atom stereocenters. The number of hydrogen-bond donors (Lipinski definition) is 0. The molecule has 1 aromatic carbocycles. The molecule has 1 saturated heterocycles. The standard InChI is InChI=1S/C19H23NO4/c1-3-11-23-16-8-5-7-15(13-16)14-17(19(22)24-12-4-2)20-10-6-9-18(20)21/h3-5,7-8,13,17H,1-2,6,9-12,14H2/t17-/m0/s1. The molecule has 0 aliphatic carbocycles. The summed E-state index contributed by atoms with van der Waals surface area (Å²) in [5.41, 5.74) is 0.914. The van der Waals surface area contributed by atoms with Gasteiger partial charge in [0.25, 0.3) is 0 Å². The third-order valence-corrected chi connectivity index (χ3v) is 3.80. The molecule has 5 heteroatoms. The first kappa shape index (κ1) is 17.8. The first-order valence-corrected chi connectivity index (χ1v) is 8.05. The molecule has 1 aliphatic rings. The lowest BCUT2D eigenvalue weighted by Crippen LogP contribution is -2.44. The number of benzene rings is 1. The van der Waals surface area contributed by atoms with E-state index in [4.69, 9.17) is 9.47 Å². The maximum absolute atomic E-state index is 12.4. The molecular formula is C19H23NO4. The van der Waals surface area contributed by atoms with Crippen LogP contribution >= 0.6 is 0 Å². The molecule has 1 heterocycles. The second-order valence-corrected chi connectivity index (χ2v) is 5.58. The van der Waals surface area contributed by atoms with E-state index < -0.39 is 12.0 Å². The molecule has 0 spiro atoms. The molecule has 0 radical (unpaired) electrons. The Hall–Kier alpha value is -2.56. The van der Waals surface area contributed by atoms with Crippen LogP contribution < -0.4 is 4.74 Å². The van der Waals surface area contributed by atoms with Crippen LogP contribution in [0.15, 0.2) is 49.6 Å². The number of amides is 1. The quantitative estimate of drug-likeness (QED) is 0.516. The minimum Gasteiger partial charge on any atom is -0.490 e. The summed E-state index contributed by atoms with van der Waals surface area (Å²) in [7, 11) is 0. The van der Waals surface area contributed by atoms with Crippen molar-refractivity contribution in [3.05, 3.63) is 55.1 Å². The second kappa shape index (κ2) is 8.91. The number of rotatable bonds is 9. The molecule has 24 heavy (non-hydrogen) atoms. The minimum absolute atomic E-state index is 0.00499. The van der Waals surface area contributed by atoms with E-state index in [0.717, 1.165) is 12.0 Å². The fraction of sp³-hybridized carbons (Fsp3) is 0.368. The molecular weight excluding hydrogens is 306 g/mol. The maximum Gasteiger partial charge on any atom is 0.329 e. The number of hydrogen-bond acceptors (Lipinski definition) is 4. The fourth-order valence-electron chi connectivity index (χ4n) is 2.70. The summed E-state index contributed by atoms with van der Waals surface area (Å²) in [5, 5.41) is 0. The van der Waals surface area contributed by atoms with Crippen LogP contribution in [0.4, 0.5) is 0 Å². The predicted molar refractivity (Wildman–Crippen MR) is 91.7 cm³/mol. The SMILES string of the molecule is C=CCOC(=O)[C@H](Cc1cccc(OCC=C)c1)N1CCCC1=O. The Morgan fingerprint density at radius 1 is 1.29 bits per heavy atom. The van der Waals surface area contributed by atoms with E-state index in [2.05, 4.69) is 13.2 Å². The number of carbonyl (C=O) groups excluding carboxylic acids is 2. The predicted octanol–water partition coefficient (Wildman–Crippen LogP) is 2.51. The van der Waals surface area contributed by atoms with E-state index in [1.807, 2.05) is 24.3 Å². The normalized spacial score (nSPS) is 15.0. The Kier molecular flexibility index (Phi) is 6.61. The van der Waals surface area contributed by atoms with E-state index in [1.165, 1.54) is 6.08 Å². The number of likely N-dealkylation sites (tertiary alicyclic amines) is 1. The van der Waals surface area contributed by atoms with Gasteiger partial charge in [0.2, 0.25) is 5.91 Å². The Bertz CT molecular complexity index is 611. The highest BCUT2D eigenvalue weighted by molar-refractivity contribution is 5.86. The van der Waals surface area contributed by atoms with Gasteiger partial charge in [0.15, 0.2) is 0 Å². The molecule has 0 bridgehead atoms. The van der Waals surface area contributed by atoms with Crippen molar-refractivity contribution in [2.45, 2.75) is 25.3 Å². The smallest absolute Gasteiger partial charge is 0.329 e. The van der Waals surface area contributed by atoms with E-state index in [9.17, 15) is 9.59 Å². The number of carbonyl (C=O) groups is 2. The van der Waals surface area contributed by atoms with E-state index in [-0.39, 0.29) is 12.5 Å². The number of esters is 1. The van der Waals surface area contributed by atoms with Gasteiger partial charge in [-0.2, -0.15) is 0 Å². The molecule has 128 valence electrons. The van der Waals surface area contributed by atoms with Gasteiger partial charge in [-0.3, -0.25) is 4.79 Å². The molecule has 0 saturated carbocycles. The highest BCUT2D eigenvalue weighted by Crippen LogP contribution is 2.21. The topological polar surface area (TPSA) is 55.8 Å². The zero-order chi connectivity index (χ0) is 17.4. The third-order valence-electron chi connectivity index (χ3n) is 3.80. The van der Waals surface area contributed by atoms with Gasteiger partial charge in [0.05, 0.1) is 0 Å². The van der Waals surface area contributed by atoms with Crippen molar-refractivity contribution in [2.24, 2.45) is 0 Å². The molecule has 1 fully saturated rings. The van der Waals surface area contributed by atoms with Gasteiger partial charge in [-0.1, -0.05) is 37.4 Å². The molecule has 1 aromatic rings. The van der Waals surface area contributed by atoms with Crippen LogP contribution in [0.2, 0.25) is 0 Å². The molecule has 0 N–H and O–H groups in total. The zero-order valence-corrected chi connectivity index (χ0v) is 13.8. The zero-order valence-electron chi connectivity index (χ0n) is 13.8. The molecule has 1 amide bonds. The average Bonchev–Trinajstić information content (AvgIpc) is 3.01. The summed E-state index contributed by atoms with van der Waals surface area (Å²) in [6.45, 7) is 8.30. The third kappa shape index (κ3) is 4.72. The van der Waals surface area contributed by atoms with Gasteiger partial charge in [-0.15, -0.1) is 0 Å². The van der Waals surface area contributed by atoms with Crippen molar-refractivity contribution in [2.75, 3.05) is 19.8 Å². The highest BCUT2D eigenvalue weighted by Gasteiger charge is 2.33. The van der Waals surface area contributed by atoms with Crippen molar-refractivity contribution in [3.63, 3.8) is 0 Å². The Morgan fingerprint density at radius 3 is 2.75 bits per heavy atom. The first-order valence-electron chi connectivity index (χ1n) is 8.05. The molecule has 2 rings (SSSR count). The lowest BCUT2D eigenvalue weighted by Gasteiger charge is -2.26. The van der Waals surface area contributed by atoms with Gasteiger partial charge in [0, 0.05) is 19.4 Å².